The molecule has 0 saturated heterocycles. The van der Waals surface area contributed by atoms with Gasteiger partial charge in [-0.25, -0.2) is 4.39 Å². The Morgan fingerprint density at radius 1 is 1.40 bits per heavy atom. The number of aryl methyl sites for hydroxylation is 1. The van der Waals surface area contributed by atoms with Gasteiger partial charge in [0.05, 0.1) is 0 Å². The van der Waals surface area contributed by atoms with Gasteiger partial charge in [0.25, 0.3) is 0 Å². The van der Waals surface area contributed by atoms with E-state index < -0.39 is 0 Å². The van der Waals surface area contributed by atoms with Crippen molar-refractivity contribution in [2.45, 2.75) is 32.6 Å². The molecule has 82 valence electrons. The molecule has 1 nitrogen and oxygen atoms in total. The molecule has 1 saturated carbocycles. The van der Waals surface area contributed by atoms with Gasteiger partial charge in [0.1, 0.15) is 5.82 Å². The van der Waals surface area contributed by atoms with Gasteiger partial charge in [-0.2, -0.15) is 0 Å². The van der Waals surface area contributed by atoms with E-state index in [0.29, 0.717) is 5.41 Å². The lowest BCUT2D eigenvalue weighted by molar-refractivity contribution is 0.144. The van der Waals surface area contributed by atoms with Crippen LogP contribution in [-0.4, -0.2) is 6.54 Å². The topological polar surface area (TPSA) is 26.0 Å². The third-order valence-corrected chi connectivity index (χ3v) is 3.72. The quantitative estimate of drug-likeness (QED) is 0.810. The summed E-state index contributed by atoms with van der Waals surface area (Å²) in [5.74, 6) is -0.147. The second kappa shape index (κ2) is 3.93. The SMILES string of the molecule is Cc1cc(F)ccc1CC1(CN)CCC1. The molecule has 1 aromatic rings. The van der Waals surface area contributed by atoms with Crippen LogP contribution in [0.1, 0.15) is 30.4 Å². The minimum Gasteiger partial charge on any atom is -0.330 e. The summed E-state index contributed by atoms with van der Waals surface area (Å²) in [5.41, 5.74) is 8.43. The first-order chi connectivity index (χ1) is 7.15. The van der Waals surface area contributed by atoms with E-state index in [1.807, 2.05) is 13.0 Å². The Balaban J connectivity index is 2.16. The van der Waals surface area contributed by atoms with E-state index in [1.165, 1.54) is 24.8 Å². The predicted molar refractivity (Wildman–Crippen MR) is 60.2 cm³/mol. The summed E-state index contributed by atoms with van der Waals surface area (Å²) in [6.45, 7) is 2.73. The maximum Gasteiger partial charge on any atom is 0.123 e. The Kier molecular flexibility index (Phi) is 2.79. The van der Waals surface area contributed by atoms with Gasteiger partial charge in [0.15, 0.2) is 0 Å². The van der Waals surface area contributed by atoms with E-state index in [1.54, 1.807) is 12.1 Å². The number of halogens is 1. The van der Waals surface area contributed by atoms with Crippen LogP contribution in [0.25, 0.3) is 0 Å². The lowest BCUT2D eigenvalue weighted by Gasteiger charge is -2.41. The molecule has 0 spiro atoms. The van der Waals surface area contributed by atoms with E-state index in [9.17, 15) is 4.39 Å². The molecule has 0 heterocycles. The minimum atomic E-state index is -0.147. The number of benzene rings is 1. The van der Waals surface area contributed by atoms with Crippen molar-refractivity contribution >= 4 is 0 Å². The summed E-state index contributed by atoms with van der Waals surface area (Å²) in [6, 6.07) is 5.06. The molecule has 0 amide bonds. The first kappa shape index (κ1) is 10.6. The lowest BCUT2D eigenvalue weighted by Crippen LogP contribution is -2.39. The maximum absolute atomic E-state index is 12.9. The van der Waals surface area contributed by atoms with Crippen molar-refractivity contribution < 1.29 is 4.39 Å². The Morgan fingerprint density at radius 3 is 2.60 bits per heavy atom. The maximum atomic E-state index is 12.9. The summed E-state index contributed by atoms with van der Waals surface area (Å²) < 4.78 is 12.9. The van der Waals surface area contributed by atoms with Crippen molar-refractivity contribution in [1.29, 1.82) is 0 Å². The highest BCUT2D eigenvalue weighted by atomic mass is 19.1. The van der Waals surface area contributed by atoms with E-state index in [0.717, 1.165) is 18.5 Å². The van der Waals surface area contributed by atoms with Crippen LogP contribution in [-0.2, 0) is 6.42 Å². The molecule has 2 N–H and O–H groups in total. The highest BCUT2D eigenvalue weighted by Gasteiger charge is 2.35. The summed E-state index contributed by atoms with van der Waals surface area (Å²) >= 11 is 0. The molecule has 0 atom stereocenters. The van der Waals surface area contributed by atoms with Crippen molar-refractivity contribution in [1.82, 2.24) is 0 Å². The highest BCUT2D eigenvalue weighted by molar-refractivity contribution is 5.28. The van der Waals surface area contributed by atoms with Gasteiger partial charge < -0.3 is 5.73 Å². The Bertz CT molecular complexity index is 350. The molecular formula is C13H18FN. The van der Waals surface area contributed by atoms with Gasteiger partial charge in [-0.15, -0.1) is 0 Å². The van der Waals surface area contributed by atoms with Crippen LogP contribution in [0, 0.1) is 18.2 Å². The van der Waals surface area contributed by atoms with E-state index in [-0.39, 0.29) is 5.82 Å². The number of rotatable bonds is 3. The summed E-state index contributed by atoms with van der Waals surface area (Å²) in [6.07, 6.45) is 4.74. The Hall–Kier alpha value is -0.890. The second-order valence-electron chi connectivity index (χ2n) is 4.81. The van der Waals surface area contributed by atoms with Crippen LogP contribution in [0.5, 0.6) is 0 Å². The summed E-state index contributed by atoms with van der Waals surface area (Å²) in [4.78, 5) is 0. The number of hydrogen-bond acceptors (Lipinski definition) is 1. The molecule has 15 heavy (non-hydrogen) atoms. The fourth-order valence-corrected chi connectivity index (χ4v) is 2.39. The van der Waals surface area contributed by atoms with Crippen LogP contribution in [0.15, 0.2) is 18.2 Å². The average molecular weight is 207 g/mol. The molecule has 0 bridgehead atoms. The largest absolute Gasteiger partial charge is 0.330 e. The fourth-order valence-electron chi connectivity index (χ4n) is 2.39. The van der Waals surface area contributed by atoms with Gasteiger partial charge in [-0.05, 0) is 61.4 Å². The monoisotopic (exact) mass is 207 g/mol. The van der Waals surface area contributed by atoms with Crippen molar-refractivity contribution in [3.63, 3.8) is 0 Å². The molecule has 2 rings (SSSR count). The van der Waals surface area contributed by atoms with Crippen molar-refractivity contribution in [2.24, 2.45) is 11.1 Å². The first-order valence-corrected chi connectivity index (χ1v) is 5.60. The smallest absolute Gasteiger partial charge is 0.123 e. The van der Waals surface area contributed by atoms with Gasteiger partial charge in [-0.3, -0.25) is 0 Å². The normalized spacial score (nSPS) is 18.6. The number of nitrogens with two attached hydrogens (primary N) is 1. The van der Waals surface area contributed by atoms with Crippen molar-refractivity contribution in [3.05, 3.63) is 35.1 Å². The Morgan fingerprint density at radius 2 is 2.13 bits per heavy atom. The fraction of sp³-hybridized carbons (Fsp3) is 0.538. The standard InChI is InChI=1S/C13H18FN/c1-10-7-12(14)4-3-11(10)8-13(9-15)5-2-6-13/h3-4,7H,2,5-6,8-9,15H2,1H3. The molecule has 1 aliphatic rings. The summed E-state index contributed by atoms with van der Waals surface area (Å²) in [7, 11) is 0. The molecular weight excluding hydrogens is 189 g/mol. The minimum absolute atomic E-state index is 0.147. The van der Waals surface area contributed by atoms with E-state index >= 15 is 0 Å². The third kappa shape index (κ3) is 2.05. The Labute approximate surface area is 90.5 Å². The molecule has 0 aromatic heterocycles. The van der Waals surface area contributed by atoms with Crippen LogP contribution >= 0.6 is 0 Å². The molecule has 0 radical (unpaired) electrons. The van der Waals surface area contributed by atoms with Crippen LogP contribution in [0.4, 0.5) is 4.39 Å². The van der Waals surface area contributed by atoms with Gasteiger partial charge >= 0.3 is 0 Å². The average Bonchev–Trinajstić information content (AvgIpc) is 2.14. The van der Waals surface area contributed by atoms with E-state index in [2.05, 4.69) is 0 Å². The van der Waals surface area contributed by atoms with Crippen LogP contribution in [0.2, 0.25) is 0 Å². The first-order valence-electron chi connectivity index (χ1n) is 5.60. The van der Waals surface area contributed by atoms with Gasteiger partial charge in [0.2, 0.25) is 0 Å². The van der Waals surface area contributed by atoms with Gasteiger partial charge in [-0.1, -0.05) is 12.5 Å². The molecule has 1 aromatic carbocycles. The lowest BCUT2D eigenvalue weighted by atomic mass is 9.65. The third-order valence-electron chi connectivity index (χ3n) is 3.72. The number of hydrogen-bond donors (Lipinski definition) is 1. The van der Waals surface area contributed by atoms with Crippen molar-refractivity contribution in [2.75, 3.05) is 6.54 Å². The second-order valence-corrected chi connectivity index (χ2v) is 4.81. The van der Waals surface area contributed by atoms with Crippen LogP contribution in [0.3, 0.4) is 0 Å². The molecule has 0 aliphatic heterocycles. The van der Waals surface area contributed by atoms with Crippen LogP contribution < -0.4 is 5.73 Å². The highest BCUT2D eigenvalue weighted by Crippen LogP contribution is 2.43. The van der Waals surface area contributed by atoms with Crippen molar-refractivity contribution in [3.8, 4) is 0 Å². The molecule has 1 fully saturated rings. The zero-order chi connectivity index (χ0) is 10.9. The predicted octanol–water partition coefficient (Wildman–Crippen LogP) is 2.81. The van der Waals surface area contributed by atoms with Gasteiger partial charge in [0, 0.05) is 0 Å². The molecule has 0 unspecified atom stereocenters. The molecule has 2 heteroatoms. The zero-order valence-corrected chi connectivity index (χ0v) is 9.22. The molecule has 1 aliphatic carbocycles. The van der Waals surface area contributed by atoms with E-state index in [4.69, 9.17) is 5.73 Å². The zero-order valence-electron chi connectivity index (χ0n) is 9.22. The summed E-state index contributed by atoms with van der Waals surface area (Å²) in [5, 5.41) is 0.